The van der Waals surface area contributed by atoms with Gasteiger partial charge in [-0.2, -0.15) is 9.78 Å². The molecule has 1 aliphatic heterocycles. The molecule has 1 aromatic carbocycles. The molecule has 10 nitrogen and oxygen atoms in total. The number of hydrogen-bond donors (Lipinski definition) is 3. The second-order valence-electron chi connectivity index (χ2n) is 7.65. The summed E-state index contributed by atoms with van der Waals surface area (Å²) in [5, 5.41) is 23.5. The van der Waals surface area contributed by atoms with E-state index in [1.165, 1.54) is 17.6 Å². The van der Waals surface area contributed by atoms with Crippen molar-refractivity contribution < 1.29 is 9.53 Å². The summed E-state index contributed by atoms with van der Waals surface area (Å²) < 4.78 is 6.93. The van der Waals surface area contributed by atoms with Gasteiger partial charge >= 0.3 is 0 Å². The van der Waals surface area contributed by atoms with E-state index in [1.807, 2.05) is 31.2 Å². The third-order valence-electron chi connectivity index (χ3n) is 5.25. The number of imidazole rings is 1. The van der Waals surface area contributed by atoms with Crippen LogP contribution in [0.1, 0.15) is 18.2 Å². The van der Waals surface area contributed by atoms with Gasteiger partial charge < -0.3 is 20.7 Å². The van der Waals surface area contributed by atoms with E-state index in [1.54, 1.807) is 0 Å². The van der Waals surface area contributed by atoms with E-state index in [0.717, 1.165) is 62.0 Å². The number of rotatable bonds is 7. The van der Waals surface area contributed by atoms with Crippen LogP contribution in [0.4, 0.5) is 22.9 Å². The Morgan fingerprint density at radius 2 is 2.06 bits per heavy atom. The van der Waals surface area contributed by atoms with Gasteiger partial charge in [0.15, 0.2) is 17.2 Å². The molecule has 2 aromatic heterocycles. The maximum atomic E-state index is 11.5. The summed E-state index contributed by atoms with van der Waals surface area (Å²) in [5.41, 5.74) is 4.18. The van der Waals surface area contributed by atoms with Crippen molar-refractivity contribution in [1.29, 1.82) is 5.26 Å². The number of morpholine rings is 1. The van der Waals surface area contributed by atoms with Crippen LogP contribution < -0.4 is 16.0 Å². The van der Waals surface area contributed by atoms with Gasteiger partial charge in [-0.15, -0.1) is 5.10 Å². The molecule has 3 N–H and O–H groups in total. The molecule has 1 aliphatic rings. The number of ether oxygens (including phenoxy) is 1. The summed E-state index contributed by atoms with van der Waals surface area (Å²) in [6, 6.07) is 9.69. The van der Waals surface area contributed by atoms with Gasteiger partial charge in [-0.25, -0.2) is 4.98 Å². The van der Waals surface area contributed by atoms with Gasteiger partial charge in [-0.3, -0.25) is 9.69 Å². The van der Waals surface area contributed by atoms with Gasteiger partial charge in [0.05, 0.1) is 25.1 Å². The Morgan fingerprint density at radius 1 is 1.25 bits per heavy atom. The van der Waals surface area contributed by atoms with Crippen molar-refractivity contribution >= 4 is 34.4 Å². The minimum absolute atomic E-state index is 0.131. The molecule has 0 saturated carbocycles. The Labute approximate surface area is 186 Å². The molecule has 0 unspecified atom stereocenters. The second-order valence-corrected chi connectivity index (χ2v) is 7.65. The topological polar surface area (TPSA) is 120 Å². The standard InChI is InChI=1S/C22H26N8O2/c1-15-3-4-17(11-19(15)26-16(2)31)27-21-12-20(22-25-14-18(13-23)30(22)28-21)24-5-6-29-7-9-32-10-8-29/h3-4,11-12,14,24H,5-10H2,1-2H3,(H,26,31)(H,27,28). The zero-order chi connectivity index (χ0) is 22.5. The van der Waals surface area contributed by atoms with Crippen LogP contribution in [-0.4, -0.2) is 64.8 Å². The quantitative estimate of drug-likeness (QED) is 0.518. The van der Waals surface area contributed by atoms with Gasteiger partial charge in [0.25, 0.3) is 0 Å². The fourth-order valence-electron chi connectivity index (χ4n) is 3.58. The first kappa shape index (κ1) is 21.5. The number of carbonyl (C=O) groups is 1. The zero-order valence-corrected chi connectivity index (χ0v) is 18.2. The average Bonchev–Trinajstić information content (AvgIpc) is 3.20. The number of hydrogen-bond acceptors (Lipinski definition) is 8. The van der Waals surface area contributed by atoms with E-state index in [0.29, 0.717) is 17.2 Å². The van der Waals surface area contributed by atoms with Crippen LogP contribution in [-0.2, 0) is 9.53 Å². The first-order valence-electron chi connectivity index (χ1n) is 10.5. The van der Waals surface area contributed by atoms with E-state index in [9.17, 15) is 10.1 Å². The highest BCUT2D eigenvalue weighted by Gasteiger charge is 2.14. The minimum Gasteiger partial charge on any atom is -0.381 e. The number of nitrogens with zero attached hydrogens (tertiary/aromatic N) is 5. The molecule has 0 spiro atoms. The van der Waals surface area contributed by atoms with Crippen LogP contribution in [0.3, 0.4) is 0 Å². The molecule has 0 bridgehead atoms. The highest BCUT2D eigenvalue weighted by molar-refractivity contribution is 5.90. The van der Waals surface area contributed by atoms with Gasteiger partial charge in [-0.1, -0.05) is 6.07 Å². The van der Waals surface area contributed by atoms with E-state index < -0.39 is 0 Å². The zero-order valence-electron chi connectivity index (χ0n) is 18.2. The van der Waals surface area contributed by atoms with Crippen LogP contribution in [0.5, 0.6) is 0 Å². The third kappa shape index (κ3) is 4.96. The smallest absolute Gasteiger partial charge is 0.221 e. The van der Waals surface area contributed by atoms with Crippen LogP contribution >= 0.6 is 0 Å². The largest absolute Gasteiger partial charge is 0.381 e. The number of fused-ring (bicyclic) bond motifs is 1. The summed E-state index contributed by atoms with van der Waals surface area (Å²) in [6.07, 6.45) is 1.51. The molecule has 166 valence electrons. The molecule has 0 aliphatic carbocycles. The van der Waals surface area contributed by atoms with Gasteiger partial charge in [0.2, 0.25) is 5.91 Å². The molecular weight excluding hydrogens is 408 g/mol. The Balaban J connectivity index is 1.57. The van der Waals surface area contributed by atoms with Crippen LogP contribution in [0.25, 0.3) is 5.65 Å². The second kappa shape index (κ2) is 9.64. The summed E-state index contributed by atoms with van der Waals surface area (Å²) >= 11 is 0. The lowest BCUT2D eigenvalue weighted by Crippen LogP contribution is -2.39. The Hall–Kier alpha value is -3.68. The molecule has 32 heavy (non-hydrogen) atoms. The van der Waals surface area contributed by atoms with Crippen molar-refractivity contribution in [3.8, 4) is 6.07 Å². The van der Waals surface area contributed by atoms with Crippen molar-refractivity contribution in [2.75, 3.05) is 55.3 Å². The molecule has 4 rings (SSSR count). The Morgan fingerprint density at radius 3 is 2.81 bits per heavy atom. The first-order chi connectivity index (χ1) is 15.5. The van der Waals surface area contributed by atoms with Crippen LogP contribution in [0.2, 0.25) is 0 Å². The van der Waals surface area contributed by atoms with Crippen molar-refractivity contribution in [3.63, 3.8) is 0 Å². The summed E-state index contributed by atoms with van der Waals surface area (Å²) in [5.74, 6) is 0.423. The lowest BCUT2D eigenvalue weighted by molar-refractivity contribution is -0.114. The molecule has 1 amide bonds. The van der Waals surface area contributed by atoms with E-state index in [2.05, 4.69) is 37.0 Å². The number of aromatic nitrogens is 3. The van der Waals surface area contributed by atoms with Crippen LogP contribution in [0.15, 0.2) is 30.5 Å². The molecule has 1 fully saturated rings. The SMILES string of the molecule is CC(=O)Nc1cc(Nc2cc(NCCN3CCOCC3)c3ncc(C#N)n3n2)ccc1C. The average molecular weight is 435 g/mol. The lowest BCUT2D eigenvalue weighted by atomic mass is 10.1. The normalized spacial score (nSPS) is 14.2. The third-order valence-corrected chi connectivity index (χ3v) is 5.25. The number of aryl methyl sites for hydroxylation is 1. The molecular formula is C22H26N8O2. The first-order valence-corrected chi connectivity index (χ1v) is 10.5. The molecule has 1 saturated heterocycles. The number of benzene rings is 1. The summed E-state index contributed by atoms with van der Waals surface area (Å²) in [6.45, 7) is 8.38. The fraction of sp³-hybridized carbons (Fsp3) is 0.364. The van der Waals surface area contributed by atoms with Crippen LogP contribution in [0, 0.1) is 18.3 Å². The number of amides is 1. The Kier molecular flexibility index (Phi) is 6.49. The number of nitriles is 1. The number of anilines is 4. The van der Waals surface area contributed by atoms with Crippen molar-refractivity contribution in [3.05, 3.63) is 41.7 Å². The van der Waals surface area contributed by atoms with Gasteiger partial charge in [0, 0.05) is 50.5 Å². The predicted molar refractivity (Wildman–Crippen MR) is 122 cm³/mol. The monoisotopic (exact) mass is 434 g/mol. The van der Waals surface area contributed by atoms with E-state index in [4.69, 9.17) is 4.74 Å². The maximum Gasteiger partial charge on any atom is 0.221 e. The van der Waals surface area contributed by atoms with Crippen molar-refractivity contribution in [1.82, 2.24) is 19.5 Å². The van der Waals surface area contributed by atoms with Gasteiger partial charge in [0.1, 0.15) is 6.07 Å². The maximum absolute atomic E-state index is 11.5. The molecule has 0 atom stereocenters. The number of nitrogens with one attached hydrogen (secondary N) is 3. The Bertz CT molecular complexity index is 1160. The highest BCUT2D eigenvalue weighted by atomic mass is 16.5. The van der Waals surface area contributed by atoms with E-state index in [-0.39, 0.29) is 5.91 Å². The molecule has 10 heteroatoms. The summed E-state index contributed by atoms with van der Waals surface area (Å²) in [7, 11) is 0. The van der Waals surface area contributed by atoms with Crippen molar-refractivity contribution in [2.45, 2.75) is 13.8 Å². The van der Waals surface area contributed by atoms with Crippen molar-refractivity contribution in [2.24, 2.45) is 0 Å². The predicted octanol–water partition coefficient (Wildman–Crippen LogP) is 2.36. The summed E-state index contributed by atoms with van der Waals surface area (Å²) in [4.78, 5) is 18.2. The molecule has 3 heterocycles. The lowest BCUT2D eigenvalue weighted by Gasteiger charge is -2.26. The van der Waals surface area contributed by atoms with E-state index >= 15 is 0 Å². The van der Waals surface area contributed by atoms with Gasteiger partial charge in [-0.05, 0) is 24.6 Å². The highest BCUT2D eigenvalue weighted by Crippen LogP contribution is 2.26. The number of carbonyl (C=O) groups excluding carboxylic acids is 1. The molecule has 3 aromatic rings. The fourth-order valence-corrected chi connectivity index (χ4v) is 3.58. The molecule has 0 radical (unpaired) electrons. The minimum atomic E-state index is -0.131.